The summed E-state index contributed by atoms with van der Waals surface area (Å²) >= 11 is 3.16. The minimum atomic E-state index is -0.918. The van der Waals surface area contributed by atoms with Gasteiger partial charge in [0, 0.05) is 6.42 Å². The van der Waals surface area contributed by atoms with Crippen molar-refractivity contribution in [1.82, 2.24) is 0 Å². The van der Waals surface area contributed by atoms with E-state index in [9.17, 15) is 10.2 Å². The molecular formula is C10H17BrO3. The molecule has 1 heterocycles. The molecule has 0 unspecified atom stereocenters. The summed E-state index contributed by atoms with van der Waals surface area (Å²) in [5.74, 6) is 0. The lowest BCUT2D eigenvalue weighted by molar-refractivity contribution is -0.108. The molecule has 0 bridgehead atoms. The van der Waals surface area contributed by atoms with Crippen LogP contribution in [-0.4, -0.2) is 33.6 Å². The number of halogens is 1. The molecule has 0 amide bonds. The highest BCUT2D eigenvalue weighted by atomic mass is 79.9. The smallest absolute Gasteiger partial charge is 0.111 e. The molecule has 2 N–H and O–H groups in total. The number of hydrogen-bond acceptors (Lipinski definition) is 3. The fourth-order valence-electron chi connectivity index (χ4n) is 1.58. The van der Waals surface area contributed by atoms with Crippen LogP contribution in [0.25, 0.3) is 0 Å². The normalized spacial score (nSPS) is 39.6. The van der Waals surface area contributed by atoms with Crippen LogP contribution in [0, 0.1) is 0 Å². The molecule has 82 valence electrons. The van der Waals surface area contributed by atoms with Crippen molar-refractivity contribution < 1.29 is 14.9 Å². The fraction of sp³-hybridized carbons (Fsp3) is 0.800. The van der Waals surface area contributed by atoms with E-state index in [1.54, 1.807) is 31.8 Å². The van der Waals surface area contributed by atoms with Crippen LogP contribution < -0.4 is 0 Å². The second-order valence-electron chi connectivity index (χ2n) is 4.49. The van der Waals surface area contributed by atoms with E-state index in [0.717, 1.165) is 0 Å². The Hall–Kier alpha value is 0.1000. The molecule has 0 saturated carbocycles. The lowest BCUT2D eigenvalue weighted by Crippen LogP contribution is -2.38. The van der Waals surface area contributed by atoms with E-state index in [0.29, 0.717) is 6.42 Å². The minimum Gasteiger partial charge on any atom is -0.390 e. The maximum Gasteiger partial charge on any atom is 0.111 e. The van der Waals surface area contributed by atoms with E-state index in [4.69, 9.17) is 4.74 Å². The molecule has 1 saturated heterocycles. The maximum absolute atomic E-state index is 9.80. The van der Waals surface area contributed by atoms with E-state index in [1.807, 2.05) is 0 Å². The van der Waals surface area contributed by atoms with Crippen LogP contribution in [0.1, 0.15) is 27.2 Å². The summed E-state index contributed by atoms with van der Waals surface area (Å²) in [4.78, 5) is 1.67. The zero-order valence-electron chi connectivity index (χ0n) is 8.70. The van der Waals surface area contributed by atoms with Crippen molar-refractivity contribution in [2.45, 2.75) is 50.6 Å². The van der Waals surface area contributed by atoms with E-state index >= 15 is 0 Å². The summed E-state index contributed by atoms with van der Waals surface area (Å²) < 4.78 is 5.65. The van der Waals surface area contributed by atoms with Crippen molar-refractivity contribution >= 4 is 15.9 Å². The number of aliphatic hydroxyl groups is 2. The van der Waals surface area contributed by atoms with Gasteiger partial charge >= 0.3 is 0 Å². The lowest BCUT2D eigenvalue weighted by atomic mass is 9.94. The average Bonchev–Trinajstić information content (AvgIpc) is 2.28. The largest absolute Gasteiger partial charge is 0.390 e. The zero-order valence-corrected chi connectivity index (χ0v) is 10.3. The Labute approximate surface area is 92.9 Å². The van der Waals surface area contributed by atoms with Gasteiger partial charge in [0.25, 0.3) is 0 Å². The number of aliphatic hydroxyl groups excluding tert-OH is 1. The van der Waals surface area contributed by atoms with Gasteiger partial charge in [0.2, 0.25) is 0 Å². The Morgan fingerprint density at radius 1 is 1.57 bits per heavy atom. The molecule has 0 aromatic rings. The highest BCUT2D eigenvalue weighted by molar-refractivity contribution is 9.11. The molecular weight excluding hydrogens is 248 g/mol. The Balaban J connectivity index is 2.78. The Bertz CT molecular complexity index is 234. The third-order valence-corrected chi connectivity index (χ3v) is 2.94. The summed E-state index contributed by atoms with van der Waals surface area (Å²) in [6, 6.07) is 0. The Morgan fingerprint density at radius 3 is 2.50 bits per heavy atom. The van der Waals surface area contributed by atoms with Crippen LogP contribution >= 0.6 is 15.9 Å². The van der Waals surface area contributed by atoms with Crippen molar-refractivity contribution in [3.63, 3.8) is 0 Å². The molecule has 3 nitrogen and oxygen atoms in total. The summed E-state index contributed by atoms with van der Waals surface area (Å²) in [7, 11) is 0. The molecule has 0 radical (unpaired) electrons. The number of ether oxygens (including phenoxy) is 1. The number of hydrogen-bond donors (Lipinski definition) is 2. The predicted octanol–water partition coefficient (Wildman–Crippen LogP) is 1.57. The van der Waals surface area contributed by atoms with Crippen molar-refractivity contribution in [3.8, 4) is 0 Å². The Kier molecular flexibility index (Phi) is 3.41. The van der Waals surface area contributed by atoms with Gasteiger partial charge in [-0.2, -0.15) is 0 Å². The average molecular weight is 265 g/mol. The molecule has 14 heavy (non-hydrogen) atoms. The van der Waals surface area contributed by atoms with E-state index in [1.165, 1.54) is 0 Å². The molecule has 0 spiro atoms. The van der Waals surface area contributed by atoms with Crippen LogP contribution in [-0.2, 0) is 4.74 Å². The van der Waals surface area contributed by atoms with E-state index in [2.05, 4.69) is 15.9 Å². The first-order valence-corrected chi connectivity index (χ1v) is 5.57. The van der Waals surface area contributed by atoms with Crippen molar-refractivity contribution in [3.05, 3.63) is 11.1 Å². The monoisotopic (exact) mass is 264 g/mol. The van der Waals surface area contributed by atoms with Gasteiger partial charge in [0.15, 0.2) is 0 Å². The van der Waals surface area contributed by atoms with E-state index in [-0.39, 0.29) is 6.10 Å². The first-order valence-electron chi connectivity index (χ1n) is 4.66. The second-order valence-corrected chi connectivity index (χ2v) is 5.02. The molecule has 4 heteroatoms. The highest BCUT2D eigenvalue weighted by Gasteiger charge is 2.47. The predicted molar refractivity (Wildman–Crippen MR) is 58.3 cm³/mol. The molecule has 0 aromatic heterocycles. The van der Waals surface area contributed by atoms with Crippen molar-refractivity contribution in [2.75, 3.05) is 0 Å². The molecule has 0 aliphatic carbocycles. The molecule has 1 rings (SSSR count). The van der Waals surface area contributed by atoms with Gasteiger partial charge in [-0.05, 0) is 31.8 Å². The highest BCUT2D eigenvalue weighted by Crippen LogP contribution is 2.36. The molecule has 0 aromatic carbocycles. The summed E-state index contributed by atoms with van der Waals surface area (Å²) in [6.45, 7) is 5.18. The van der Waals surface area contributed by atoms with Crippen molar-refractivity contribution in [1.29, 1.82) is 0 Å². The van der Waals surface area contributed by atoms with Gasteiger partial charge in [0.05, 0.1) is 17.8 Å². The molecule has 1 aliphatic rings. The van der Waals surface area contributed by atoms with Crippen LogP contribution in [0.3, 0.4) is 0 Å². The van der Waals surface area contributed by atoms with Crippen LogP contribution in [0.15, 0.2) is 11.1 Å². The lowest BCUT2D eigenvalue weighted by Gasteiger charge is -2.28. The molecule has 1 fully saturated rings. The van der Waals surface area contributed by atoms with Gasteiger partial charge in [-0.3, -0.25) is 0 Å². The third kappa shape index (κ3) is 2.37. The summed E-state index contributed by atoms with van der Waals surface area (Å²) in [5, 5.41) is 19.6. The zero-order chi connectivity index (χ0) is 11.0. The van der Waals surface area contributed by atoms with Crippen LogP contribution in [0.2, 0.25) is 0 Å². The first-order chi connectivity index (χ1) is 6.29. The first kappa shape index (κ1) is 12.2. The number of rotatable bonds is 2. The topological polar surface area (TPSA) is 49.7 Å². The second kappa shape index (κ2) is 3.93. The SMILES string of the molecule is CC(C)(O)[C@@H]1C[C@@H](O)[C@@](C)(/C=C/Br)O1. The van der Waals surface area contributed by atoms with Gasteiger partial charge < -0.3 is 14.9 Å². The fourth-order valence-corrected chi connectivity index (χ4v) is 2.10. The van der Waals surface area contributed by atoms with Crippen LogP contribution in [0.4, 0.5) is 0 Å². The minimum absolute atomic E-state index is 0.328. The molecule has 3 atom stereocenters. The Morgan fingerprint density at radius 2 is 2.14 bits per heavy atom. The summed E-state index contributed by atoms with van der Waals surface area (Å²) in [5.41, 5.74) is -1.62. The quantitative estimate of drug-likeness (QED) is 0.796. The maximum atomic E-state index is 9.80. The standard InChI is InChI=1S/C10H17BrO3/c1-9(2,13)8-6-7(12)10(3,14-8)4-5-11/h4-5,7-8,12-13H,6H2,1-3H3/b5-4+/t7-,8+,10-/m1/s1. The summed E-state index contributed by atoms with van der Waals surface area (Å²) in [6.07, 6.45) is 1.31. The van der Waals surface area contributed by atoms with Crippen molar-refractivity contribution in [2.24, 2.45) is 0 Å². The van der Waals surface area contributed by atoms with Gasteiger partial charge in [-0.1, -0.05) is 15.9 Å². The van der Waals surface area contributed by atoms with E-state index < -0.39 is 17.3 Å². The van der Waals surface area contributed by atoms with Gasteiger partial charge in [-0.15, -0.1) is 0 Å². The van der Waals surface area contributed by atoms with Gasteiger partial charge in [0.1, 0.15) is 5.60 Å². The van der Waals surface area contributed by atoms with Crippen LogP contribution in [0.5, 0.6) is 0 Å². The third-order valence-electron chi connectivity index (χ3n) is 2.68. The molecule has 1 aliphatic heterocycles. The van der Waals surface area contributed by atoms with Gasteiger partial charge in [-0.25, -0.2) is 0 Å².